The molecule has 28 heavy (non-hydrogen) atoms. The van der Waals surface area contributed by atoms with Crippen molar-refractivity contribution in [1.82, 2.24) is 9.55 Å². The van der Waals surface area contributed by atoms with E-state index in [1.807, 2.05) is 0 Å². The number of carbonyl (C=O) groups excluding carboxylic acids is 1. The van der Waals surface area contributed by atoms with E-state index in [1.165, 1.54) is 19.1 Å². The van der Waals surface area contributed by atoms with Crippen molar-refractivity contribution in [2.24, 2.45) is 0 Å². The topological polar surface area (TPSA) is 148 Å². The number of hydrogen-bond donors (Lipinski definition) is 4. The Hall–Kier alpha value is -2.66. The number of halogens is 1. The number of rotatable bonds is 5. The van der Waals surface area contributed by atoms with Gasteiger partial charge < -0.3 is 25.8 Å². The highest BCUT2D eigenvalue weighted by molar-refractivity contribution is 6.02. The van der Waals surface area contributed by atoms with Crippen LogP contribution in [0, 0.1) is 5.82 Å². The summed E-state index contributed by atoms with van der Waals surface area (Å²) in [6.07, 6.45) is -2.83. The van der Waals surface area contributed by atoms with E-state index >= 15 is 0 Å². The molecule has 1 fully saturated rings. The minimum atomic E-state index is -2.57. The van der Waals surface area contributed by atoms with Crippen LogP contribution in [-0.4, -0.2) is 55.1 Å². The second-order valence-corrected chi connectivity index (χ2v) is 6.53. The Morgan fingerprint density at radius 1 is 1.39 bits per heavy atom. The number of ether oxygens (including phenoxy) is 1. The van der Waals surface area contributed by atoms with Crippen LogP contribution in [0.1, 0.15) is 23.7 Å². The number of nitrogens with two attached hydrogens (primary N) is 1. The molecular formula is C18H20FN3O6. The molecule has 4 atom stereocenters. The summed E-state index contributed by atoms with van der Waals surface area (Å²) in [7, 11) is 0. The maximum atomic E-state index is 14.2. The number of carbonyl (C=O) groups is 1. The van der Waals surface area contributed by atoms with Crippen LogP contribution in [0.5, 0.6) is 0 Å². The minimum Gasteiger partial charge on any atom is -0.394 e. The molecule has 5 N–H and O–H groups in total. The van der Waals surface area contributed by atoms with E-state index in [4.69, 9.17) is 10.5 Å². The van der Waals surface area contributed by atoms with Gasteiger partial charge in [-0.05, 0) is 6.42 Å². The second-order valence-electron chi connectivity index (χ2n) is 6.53. The number of aromatic nitrogens is 2. The SMILES string of the molecule is CC[C@@]1(O)[C@H](O)[C@@H](CO)O[C@@]1(C(=O)c1ccccc1)n1cc(F)c(N)nc1=O. The van der Waals surface area contributed by atoms with Crippen molar-refractivity contribution >= 4 is 11.6 Å². The highest BCUT2D eigenvalue weighted by Gasteiger charge is 2.69. The lowest BCUT2D eigenvalue weighted by molar-refractivity contribution is -0.167. The molecule has 9 nitrogen and oxygen atoms in total. The lowest BCUT2D eigenvalue weighted by Crippen LogP contribution is -2.64. The Morgan fingerprint density at radius 3 is 2.61 bits per heavy atom. The van der Waals surface area contributed by atoms with Gasteiger partial charge in [-0.15, -0.1) is 0 Å². The minimum absolute atomic E-state index is 0.0318. The van der Waals surface area contributed by atoms with E-state index in [-0.39, 0.29) is 12.0 Å². The van der Waals surface area contributed by atoms with Crippen LogP contribution < -0.4 is 11.4 Å². The third-order valence-electron chi connectivity index (χ3n) is 5.06. The van der Waals surface area contributed by atoms with Gasteiger partial charge in [-0.2, -0.15) is 4.98 Å². The summed E-state index contributed by atoms with van der Waals surface area (Å²) >= 11 is 0. The van der Waals surface area contributed by atoms with E-state index in [0.717, 1.165) is 0 Å². The molecule has 0 aliphatic carbocycles. The van der Waals surface area contributed by atoms with Gasteiger partial charge in [0.15, 0.2) is 11.6 Å². The van der Waals surface area contributed by atoms with Crippen LogP contribution in [0.3, 0.4) is 0 Å². The van der Waals surface area contributed by atoms with E-state index in [1.54, 1.807) is 18.2 Å². The molecule has 1 aromatic carbocycles. The molecule has 0 saturated carbocycles. The van der Waals surface area contributed by atoms with E-state index in [9.17, 15) is 29.3 Å². The van der Waals surface area contributed by atoms with Crippen molar-refractivity contribution in [3.05, 3.63) is 58.4 Å². The molecule has 1 aliphatic heterocycles. The highest BCUT2D eigenvalue weighted by atomic mass is 19.1. The van der Waals surface area contributed by atoms with Crippen LogP contribution in [-0.2, 0) is 10.5 Å². The zero-order chi connectivity index (χ0) is 20.7. The molecule has 0 amide bonds. The molecule has 10 heteroatoms. The largest absolute Gasteiger partial charge is 0.394 e. The fourth-order valence-corrected chi connectivity index (χ4v) is 3.56. The zero-order valence-electron chi connectivity index (χ0n) is 14.9. The number of anilines is 1. The third kappa shape index (κ3) is 2.65. The Bertz CT molecular complexity index is 952. The average molecular weight is 393 g/mol. The summed E-state index contributed by atoms with van der Waals surface area (Å²) < 4.78 is 20.3. The predicted octanol–water partition coefficient (Wildman–Crippen LogP) is -0.607. The van der Waals surface area contributed by atoms with Gasteiger partial charge in [0.2, 0.25) is 11.5 Å². The molecule has 1 aliphatic rings. The maximum absolute atomic E-state index is 14.2. The molecule has 0 spiro atoms. The van der Waals surface area contributed by atoms with Gasteiger partial charge >= 0.3 is 5.69 Å². The fourth-order valence-electron chi connectivity index (χ4n) is 3.56. The van der Waals surface area contributed by atoms with Crippen LogP contribution in [0.2, 0.25) is 0 Å². The molecule has 0 radical (unpaired) electrons. The molecule has 1 saturated heterocycles. The van der Waals surface area contributed by atoms with Gasteiger partial charge in [0.1, 0.15) is 17.8 Å². The summed E-state index contributed by atoms with van der Waals surface area (Å²) in [5, 5.41) is 31.4. The van der Waals surface area contributed by atoms with E-state index < -0.39 is 53.2 Å². The molecule has 1 aromatic heterocycles. The van der Waals surface area contributed by atoms with Crippen LogP contribution in [0.25, 0.3) is 0 Å². The number of nitrogens with zero attached hydrogens (tertiary/aromatic N) is 2. The average Bonchev–Trinajstić information content (AvgIpc) is 2.93. The fraction of sp³-hybridized carbons (Fsp3) is 0.389. The van der Waals surface area contributed by atoms with Crippen molar-refractivity contribution in [2.75, 3.05) is 12.3 Å². The quantitative estimate of drug-likeness (QED) is 0.492. The number of nitrogen functional groups attached to an aromatic ring is 1. The lowest BCUT2D eigenvalue weighted by Gasteiger charge is -2.40. The molecule has 150 valence electrons. The molecule has 0 bridgehead atoms. The lowest BCUT2D eigenvalue weighted by atomic mass is 9.79. The van der Waals surface area contributed by atoms with Crippen molar-refractivity contribution in [3.63, 3.8) is 0 Å². The Kier molecular flexibility index (Phi) is 5.06. The van der Waals surface area contributed by atoms with Gasteiger partial charge in [0.05, 0.1) is 12.8 Å². The van der Waals surface area contributed by atoms with Gasteiger partial charge in [0.25, 0.3) is 0 Å². The Morgan fingerprint density at radius 2 is 2.04 bits per heavy atom. The first kappa shape index (κ1) is 20.1. The number of ketones is 1. The molecule has 2 aromatic rings. The van der Waals surface area contributed by atoms with Crippen molar-refractivity contribution in [3.8, 4) is 0 Å². The van der Waals surface area contributed by atoms with Gasteiger partial charge in [-0.25, -0.2) is 9.18 Å². The predicted molar refractivity (Wildman–Crippen MR) is 94.8 cm³/mol. The molecule has 2 heterocycles. The van der Waals surface area contributed by atoms with Crippen LogP contribution in [0.4, 0.5) is 10.2 Å². The standard InChI is InChI=1S/C18H20FN3O6/c1-2-17(27)14(25)12(9-23)28-18(17,13(24)10-6-4-3-5-7-10)22-8-11(19)15(20)21-16(22)26/h3-8,12,14,23,25,27H,2,9H2,1H3,(H2,20,21,26)/t12-,14-,17-,18-/m1/s1. The summed E-state index contributed by atoms with van der Waals surface area (Å²) in [6.45, 7) is 0.693. The van der Waals surface area contributed by atoms with Crippen LogP contribution in [0.15, 0.2) is 41.3 Å². The second kappa shape index (κ2) is 7.06. The third-order valence-corrected chi connectivity index (χ3v) is 5.06. The van der Waals surface area contributed by atoms with Gasteiger partial charge in [0, 0.05) is 5.56 Å². The van der Waals surface area contributed by atoms with E-state index in [2.05, 4.69) is 4.98 Å². The zero-order valence-corrected chi connectivity index (χ0v) is 14.9. The summed E-state index contributed by atoms with van der Waals surface area (Å²) in [4.78, 5) is 29.4. The van der Waals surface area contributed by atoms with Crippen LogP contribution >= 0.6 is 0 Å². The molecule has 0 unspecified atom stereocenters. The van der Waals surface area contributed by atoms with Gasteiger partial charge in [-0.1, -0.05) is 37.3 Å². The number of hydrogen-bond acceptors (Lipinski definition) is 8. The summed E-state index contributed by atoms with van der Waals surface area (Å²) in [5.41, 5.74) is -0.760. The highest BCUT2D eigenvalue weighted by Crippen LogP contribution is 2.47. The number of benzene rings is 1. The van der Waals surface area contributed by atoms with E-state index in [0.29, 0.717) is 10.8 Å². The van der Waals surface area contributed by atoms with Gasteiger partial charge in [-0.3, -0.25) is 9.36 Å². The Balaban J connectivity index is 2.37. The monoisotopic (exact) mass is 393 g/mol. The normalized spacial score (nSPS) is 29.8. The summed E-state index contributed by atoms with van der Waals surface area (Å²) in [6, 6.07) is 7.56. The first-order valence-corrected chi connectivity index (χ1v) is 8.57. The van der Waals surface area contributed by atoms with Crippen molar-refractivity contribution < 1.29 is 29.2 Å². The maximum Gasteiger partial charge on any atom is 0.352 e. The molecular weight excluding hydrogens is 373 g/mol. The number of aliphatic hydroxyl groups excluding tert-OH is 2. The number of aliphatic hydroxyl groups is 3. The van der Waals surface area contributed by atoms with Crippen molar-refractivity contribution in [1.29, 1.82) is 0 Å². The summed E-state index contributed by atoms with van der Waals surface area (Å²) in [5.74, 6) is -2.73. The Labute approximate surface area is 158 Å². The smallest absolute Gasteiger partial charge is 0.352 e. The first-order chi connectivity index (χ1) is 13.2. The molecule has 3 rings (SSSR count). The van der Waals surface area contributed by atoms with Crippen molar-refractivity contribution in [2.45, 2.75) is 36.9 Å². The number of Topliss-reactive ketones (excluding diaryl/α,β-unsaturated/α-hetero) is 1. The first-order valence-electron chi connectivity index (χ1n) is 8.57.